The maximum Gasteiger partial charge on any atom is 0.405 e. The molecule has 0 aliphatic carbocycles. The van der Waals surface area contributed by atoms with Crippen molar-refractivity contribution in [3.05, 3.63) is 10.4 Å². The lowest BCUT2D eigenvalue weighted by molar-refractivity contribution is -0.115. The molecule has 0 aliphatic rings. The highest BCUT2D eigenvalue weighted by molar-refractivity contribution is 7.19. The van der Waals surface area contributed by atoms with Gasteiger partial charge in [-0.1, -0.05) is 0 Å². The molecule has 106 valence electrons. The second-order valence-corrected chi connectivity index (χ2v) is 4.48. The van der Waals surface area contributed by atoms with E-state index in [1.165, 1.54) is 7.05 Å². The van der Waals surface area contributed by atoms with Crippen molar-refractivity contribution in [2.45, 2.75) is 6.18 Å². The van der Waals surface area contributed by atoms with Gasteiger partial charge in [-0.05, 0) is 0 Å². The maximum atomic E-state index is 12.1. The molecule has 19 heavy (non-hydrogen) atoms. The molecule has 6 N–H and O–H groups in total. The molecule has 1 rings (SSSR count). The van der Waals surface area contributed by atoms with Crippen molar-refractivity contribution in [2.24, 2.45) is 5.73 Å². The molecule has 0 aliphatic heterocycles. The number of halogens is 3. The molecular formula is C9H11F3N4O2S. The summed E-state index contributed by atoms with van der Waals surface area (Å²) in [5.41, 5.74) is 10.1. The molecule has 0 radical (unpaired) electrons. The monoisotopic (exact) mass is 296 g/mol. The van der Waals surface area contributed by atoms with Crippen molar-refractivity contribution in [3.63, 3.8) is 0 Å². The Bertz CT molecular complexity index is 512. The van der Waals surface area contributed by atoms with Crippen molar-refractivity contribution in [1.29, 1.82) is 0 Å². The number of nitrogen functional groups attached to an aromatic ring is 1. The van der Waals surface area contributed by atoms with Gasteiger partial charge in [0.05, 0.1) is 11.3 Å². The van der Waals surface area contributed by atoms with Gasteiger partial charge in [0, 0.05) is 7.05 Å². The van der Waals surface area contributed by atoms with Gasteiger partial charge >= 0.3 is 6.18 Å². The van der Waals surface area contributed by atoms with E-state index in [2.05, 4.69) is 5.32 Å². The van der Waals surface area contributed by atoms with E-state index >= 15 is 0 Å². The first-order valence-corrected chi connectivity index (χ1v) is 5.73. The van der Waals surface area contributed by atoms with Gasteiger partial charge in [0.15, 0.2) is 0 Å². The predicted octanol–water partition coefficient (Wildman–Crippen LogP) is 0.763. The number of amides is 2. The SMILES string of the molecule is CNC(=O)c1c(NCC(F)(F)F)sc(C(N)=O)c1N. The molecule has 2 amide bonds. The smallest absolute Gasteiger partial charge is 0.397 e. The summed E-state index contributed by atoms with van der Waals surface area (Å²) in [7, 11) is 1.29. The Morgan fingerprint density at radius 1 is 1.37 bits per heavy atom. The van der Waals surface area contributed by atoms with E-state index in [0.717, 1.165) is 0 Å². The number of rotatable bonds is 4. The number of primary amides is 1. The van der Waals surface area contributed by atoms with Crippen LogP contribution < -0.4 is 22.1 Å². The van der Waals surface area contributed by atoms with Crippen LogP contribution in [-0.2, 0) is 0 Å². The average Bonchev–Trinajstić information content (AvgIpc) is 2.62. The number of carbonyl (C=O) groups is 2. The molecule has 1 heterocycles. The predicted molar refractivity (Wildman–Crippen MR) is 65.2 cm³/mol. The minimum atomic E-state index is -4.47. The number of hydrogen-bond acceptors (Lipinski definition) is 5. The van der Waals surface area contributed by atoms with E-state index in [4.69, 9.17) is 11.5 Å². The number of carbonyl (C=O) groups excluding carboxylic acids is 2. The van der Waals surface area contributed by atoms with E-state index in [9.17, 15) is 22.8 Å². The number of hydrogen-bond donors (Lipinski definition) is 4. The molecule has 6 nitrogen and oxygen atoms in total. The Kier molecular flexibility index (Phi) is 4.24. The van der Waals surface area contributed by atoms with E-state index in [0.29, 0.717) is 11.3 Å². The standard InChI is InChI=1S/C9H11F3N4O2S/c1-15-7(18)3-4(13)5(6(14)17)19-8(3)16-2-9(10,11)12/h16H,2,13H2,1H3,(H2,14,17)(H,15,18). The van der Waals surface area contributed by atoms with Crippen LogP contribution in [0.2, 0.25) is 0 Å². The van der Waals surface area contributed by atoms with E-state index in [1.54, 1.807) is 0 Å². The number of thiophene rings is 1. The fourth-order valence-electron chi connectivity index (χ4n) is 1.28. The second-order valence-electron chi connectivity index (χ2n) is 3.46. The Hall–Kier alpha value is -1.97. The Balaban J connectivity index is 3.18. The number of nitrogens with one attached hydrogen (secondary N) is 2. The van der Waals surface area contributed by atoms with Crippen LogP contribution in [0.15, 0.2) is 0 Å². The molecule has 0 atom stereocenters. The van der Waals surface area contributed by atoms with Crippen molar-refractivity contribution in [2.75, 3.05) is 24.6 Å². The minimum Gasteiger partial charge on any atom is -0.397 e. The molecule has 0 fully saturated rings. The molecule has 1 aromatic rings. The van der Waals surface area contributed by atoms with Crippen LogP contribution in [0.5, 0.6) is 0 Å². The minimum absolute atomic E-state index is 0.150. The van der Waals surface area contributed by atoms with Crippen molar-refractivity contribution < 1.29 is 22.8 Å². The van der Waals surface area contributed by atoms with E-state index < -0.39 is 24.5 Å². The van der Waals surface area contributed by atoms with E-state index in [1.807, 2.05) is 5.32 Å². The van der Waals surface area contributed by atoms with Crippen LogP contribution in [-0.4, -0.2) is 31.6 Å². The lowest BCUT2D eigenvalue weighted by Gasteiger charge is -2.09. The normalized spacial score (nSPS) is 11.2. The first-order valence-electron chi connectivity index (χ1n) is 4.92. The molecule has 0 unspecified atom stereocenters. The Labute approximate surface area is 109 Å². The van der Waals surface area contributed by atoms with Crippen LogP contribution in [0.3, 0.4) is 0 Å². The lowest BCUT2D eigenvalue weighted by Crippen LogP contribution is -2.24. The Morgan fingerprint density at radius 2 is 1.95 bits per heavy atom. The highest BCUT2D eigenvalue weighted by atomic mass is 32.1. The average molecular weight is 296 g/mol. The van der Waals surface area contributed by atoms with Gasteiger partial charge in [-0.15, -0.1) is 11.3 Å². The Morgan fingerprint density at radius 3 is 2.37 bits per heavy atom. The maximum absolute atomic E-state index is 12.1. The summed E-state index contributed by atoms with van der Waals surface area (Å²) in [5, 5.41) is 4.11. The van der Waals surface area contributed by atoms with Crippen molar-refractivity contribution >= 4 is 33.8 Å². The van der Waals surface area contributed by atoms with Gasteiger partial charge in [-0.25, -0.2) is 0 Å². The van der Waals surface area contributed by atoms with Gasteiger partial charge < -0.3 is 22.1 Å². The van der Waals surface area contributed by atoms with Crippen LogP contribution in [0, 0.1) is 0 Å². The second kappa shape index (κ2) is 5.34. The molecule has 0 saturated carbocycles. The van der Waals surface area contributed by atoms with Crippen molar-refractivity contribution in [3.8, 4) is 0 Å². The summed E-state index contributed by atoms with van der Waals surface area (Å²) < 4.78 is 36.4. The topological polar surface area (TPSA) is 110 Å². The first-order chi connectivity index (χ1) is 8.67. The molecule has 10 heteroatoms. The fraction of sp³-hybridized carbons (Fsp3) is 0.333. The highest BCUT2D eigenvalue weighted by Gasteiger charge is 2.30. The van der Waals surface area contributed by atoms with Crippen LogP contribution in [0.4, 0.5) is 23.9 Å². The fourth-order valence-corrected chi connectivity index (χ4v) is 2.25. The quantitative estimate of drug-likeness (QED) is 0.657. The largest absolute Gasteiger partial charge is 0.405 e. The summed E-state index contributed by atoms with van der Waals surface area (Å²) in [6.07, 6.45) is -4.47. The van der Waals surface area contributed by atoms with Gasteiger partial charge in [-0.2, -0.15) is 13.2 Å². The van der Waals surface area contributed by atoms with Gasteiger partial charge in [-0.3, -0.25) is 9.59 Å². The van der Waals surface area contributed by atoms with Crippen molar-refractivity contribution in [1.82, 2.24) is 5.32 Å². The molecule has 0 saturated heterocycles. The zero-order valence-corrected chi connectivity index (χ0v) is 10.5. The zero-order chi connectivity index (χ0) is 14.8. The van der Waals surface area contributed by atoms with Gasteiger partial charge in [0.1, 0.15) is 16.4 Å². The molecule has 0 spiro atoms. The summed E-state index contributed by atoms with van der Waals surface area (Å²) in [6, 6.07) is 0. The molecule has 0 bridgehead atoms. The molecule has 0 aromatic carbocycles. The van der Waals surface area contributed by atoms with Crippen LogP contribution >= 0.6 is 11.3 Å². The number of alkyl halides is 3. The van der Waals surface area contributed by atoms with Crippen LogP contribution in [0.25, 0.3) is 0 Å². The summed E-state index contributed by atoms with van der Waals surface area (Å²) in [4.78, 5) is 22.5. The lowest BCUT2D eigenvalue weighted by atomic mass is 10.2. The third-order valence-electron chi connectivity index (χ3n) is 2.07. The van der Waals surface area contributed by atoms with Crippen LogP contribution in [0.1, 0.15) is 20.0 Å². The third kappa shape index (κ3) is 3.50. The van der Waals surface area contributed by atoms with Gasteiger partial charge in [0.2, 0.25) is 0 Å². The summed E-state index contributed by atoms with van der Waals surface area (Å²) in [6.45, 7) is -1.35. The first kappa shape index (κ1) is 15.1. The molecule has 1 aromatic heterocycles. The summed E-state index contributed by atoms with van der Waals surface area (Å²) in [5.74, 6) is -1.61. The third-order valence-corrected chi connectivity index (χ3v) is 3.25. The summed E-state index contributed by atoms with van der Waals surface area (Å²) >= 11 is 0.607. The molecular weight excluding hydrogens is 285 g/mol. The van der Waals surface area contributed by atoms with E-state index in [-0.39, 0.29) is 21.1 Å². The zero-order valence-electron chi connectivity index (χ0n) is 9.72. The number of anilines is 2. The van der Waals surface area contributed by atoms with Gasteiger partial charge in [0.25, 0.3) is 11.8 Å². The number of nitrogens with two attached hydrogens (primary N) is 2. The highest BCUT2D eigenvalue weighted by Crippen LogP contribution is 2.36.